The van der Waals surface area contributed by atoms with Crippen LogP contribution in [0.15, 0.2) is 0 Å². The molecule has 1 atom stereocenters. The zero-order valence-electron chi connectivity index (χ0n) is 11.5. The molecular weight excluding hydrogens is 230 g/mol. The van der Waals surface area contributed by atoms with E-state index in [0.717, 1.165) is 17.8 Å². The van der Waals surface area contributed by atoms with Crippen LogP contribution >= 0.6 is 12.2 Å². The van der Waals surface area contributed by atoms with E-state index in [1.807, 2.05) is 0 Å². The van der Waals surface area contributed by atoms with Crippen LogP contribution in [0, 0.1) is 0 Å². The van der Waals surface area contributed by atoms with Crippen LogP contribution in [0.3, 0.4) is 0 Å². The minimum atomic E-state index is -0.513. The second-order valence-corrected chi connectivity index (χ2v) is 5.31. The summed E-state index contributed by atoms with van der Waals surface area (Å²) >= 11 is 5.11. The molecule has 0 fully saturated rings. The highest BCUT2D eigenvalue weighted by Crippen LogP contribution is 2.10. The van der Waals surface area contributed by atoms with E-state index in [1.54, 1.807) is 6.92 Å². The topological polar surface area (TPSA) is 32.3 Å². The highest BCUT2D eigenvalue weighted by atomic mass is 32.1. The number of unbranched alkanes of at least 4 members (excludes halogenated alkanes) is 8. The molecule has 0 rings (SSSR count). The van der Waals surface area contributed by atoms with Crippen molar-refractivity contribution in [2.75, 3.05) is 0 Å². The van der Waals surface area contributed by atoms with Gasteiger partial charge in [-0.3, -0.25) is 0 Å². The lowest BCUT2D eigenvalue weighted by atomic mass is 10.1. The summed E-state index contributed by atoms with van der Waals surface area (Å²) in [5, 5.41) is 11.9. The third-order valence-corrected chi connectivity index (χ3v) is 3.20. The Morgan fingerprint density at radius 3 is 1.94 bits per heavy atom. The molecule has 0 radical (unpaired) electrons. The summed E-state index contributed by atoms with van der Waals surface area (Å²) in [6.45, 7) is 3.95. The molecule has 0 aliphatic heterocycles. The predicted octanol–water partition coefficient (Wildman–Crippen LogP) is 4.16. The Balaban J connectivity index is 3.10. The Morgan fingerprint density at radius 2 is 1.47 bits per heavy atom. The molecule has 0 saturated carbocycles. The molecule has 102 valence electrons. The number of hydrogen-bond donors (Lipinski definition) is 2. The van der Waals surface area contributed by atoms with E-state index < -0.39 is 6.23 Å². The highest BCUT2D eigenvalue weighted by Gasteiger charge is 1.99. The van der Waals surface area contributed by atoms with Crippen molar-refractivity contribution in [3.05, 3.63) is 0 Å². The molecule has 0 aliphatic carbocycles. The minimum absolute atomic E-state index is 0.513. The van der Waals surface area contributed by atoms with Gasteiger partial charge in [-0.2, -0.15) is 0 Å². The summed E-state index contributed by atoms with van der Waals surface area (Å²) in [6, 6.07) is 0. The zero-order valence-corrected chi connectivity index (χ0v) is 12.3. The number of aliphatic hydroxyl groups excluding tert-OH is 1. The van der Waals surface area contributed by atoms with Crippen LogP contribution in [0.4, 0.5) is 0 Å². The lowest BCUT2D eigenvalue weighted by Gasteiger charge is -2.09. The second-order valence-electron chi connectivity index (χ2n) is 4.82. The van der Waals surface area contributed by atoms with E-state index in [-0.39, 0.29) is 0 Å². The number of hydrogen-bond acceptors (Lipinski definition) is 2. The third-order valence-electron chi connectivity index (χ3n) is 2.88. The molecule has 0 spiro atoms. The van der Waals surface area contributed by atoms with E-state index >= 15 is 0 Å². The van der Waals surface area contributed by atoms with Crippen molar-refractivity contribution < 1.29 is 5.11 Å². The Bertz CT molecular complexity index is 183. The van der Waals surface area contributed by atoms with Gasteiger partial charge in [-0.25, -0.2) is 0 Å². The van der Waals surface area contributed by atoms with E-state index in [0.29, 0.717) is 0 Å². The average Bonchev–Trinajstić information content (AvgIpc) is 2.26. The van der Waals surface area contributed by atoms with Crippen LogP contribution in [-0.4, -0.2) is 16.3 Å². The van der Waals surface area contributed by atoms with Crippen molar-refractivity contribution in [3.8, 4) is 0 Å². The van der Waals surface area contributed by atoms with E-state index in [1.165, 1.54) is 51.4 Å². The van der Waals surface area contributed by atoms with Crippen molar-refractivity contribution in [3.63, 3.8) is 0 Å². The van der Waals surface area contributed by atoms with Gasteiger partial charge in [0.2, 0.25) is 0 Å². The van der Waals surface area contributed by atoms with Crippen LogP contribution in [-0.2, 0) is 0 Å². The van der Waals surface area contributed by atoms with Crippen LogP contribution in [0.2, 0.25) is 0 Å². The first-order chi connectivity index (χ1) is 8.16. The molecule has 1 unspecified atom stereocenters. The molecule has 2 nitrogen and oxygen atoms in total. The van der Waals surface area contributed by atoms with Gasteiger partial charge in [-0.15, -0.1) is 0 Å². The standard InChI is InChI=1S/C14H29NOS/c1-3-4-5-6-7-8-9-10-11-12-14(17)15-13(2)16/h13,16H,3-12H2,1-2H3,(H,15,17). The van der Waals surface area contributed by atoms with Crippen molar-refractivity contribution in [1.29, 1.82) is 0 Å². The largest absolute Gasteiger partial charge is 0.374 e. The van der Waals surface area contributed by atoms with Crippen LogP contribution < -0.4 is 5.32 Å². The maximum atomic E-state index is 9.07. The van der Waals surface area contributed by atoms with Gasteiger partial charge in [-0.1, -0.05) is 70.5 Å². The molecule has 0 aromatic rings. The average molecular weight is 259 g/mol. The summed E-state index contributed by atoms with van der Waals surface area (Å²) < 4.78 is 0. The first-order valence-corrected chi connectivity index (χ1v) is 7.55. The lowest BCUT2D eigenvalue weighted by Crippen LogP contribution is -2.30. The maximum absolute atomic E-state index is 9.07. The van der Waals surface area contributed by atoms with Gasteiger partial charge in [0.1, 0.15) is 6.23 Å². The van der Waals surface area contributed by atoms with Gasteiger partial charge in [0.15, 0.2) is 0 Å². The molecular formula is C14H29NOS. The van der Waals surface area contributed by atoms with Crippen molar-refractivity contribution in [1.82, 2.24) is 5.32 Å². The lowest BCUT2D eigenvalue weighted by molar-refractivity contribution is 0.180. The Morgan fingerprint density at radius 1 is 1.00 bits per heavy atom. The number of aliphatic hydroxyl groups is 1. The zero-order chi connectivity index (χ0) is 12.9. The monoisotopic (exact) mass is 259 g/mol. The predicted molar refractivity (Wildman–Crippen MR) is 79.3 cm³/mol. The van der Waals surface area contributed by atoms with E-state index in [9.17, 15) is 0 Å². The molecule has 0 heterocycles. The first-order valence-electron chi connectivity index (χ1n) is 7.14. The molecule has 2 N–H and O–H groups in total. The highest BCUT2D eigenvalue weighted by molar-refractivity contribution is 7.80. The fraction of sp³-hybridized carbons (Fsp3) is 0.929. The summed E-state index contributed by atoms with van der Waals surface area (Å²) in [7, 11) is 0. The first kappa shape index (κ1) is 16.9. The van der Waals surface area contributed by atoms with Crippen LogP contribution in [0.25, 0.3) is 0 Å². The summed E-state index contributed by atoms with van der Waals surface area (Å²) in [5.74, 6) is 0. The second kappa shape index (κ2) is 12.3. The van der Waals surface area contributed by atoms with E-state index in [2.05, 4.69) is 12.2 Å². The minimum Gasteiger partial charge on any atom is -0.374 e. The van der Waals surface area contributed by atoms with Crippen LogP contribution in [0.1, 0.15) is 78.1 Å². The van der Waals surface area contributed by atoms with Gasteiger partial charge in [0, 0.05) is 0 Å². The normalized spacial score (nSPS) is 12.4. The van der Waals surface area contributed by atoms with Crippen molar-refractivity contribution in [2.24, 2.45) is 0 Å². The SMILES string of the molecule is CCCCCCCCCCCC(=S)NC(C)O. The van der Waals surface area contributed by atoms with Gasteiger partial charge in [-0.05, 0) is 19.8 Å². The van der Waals surface area contributed by atoms with Crippen molar-refractivity contribution in [2.45, 2.75) is 84.3 Å². The molecule has 0 aliphatic rings. The Hall–Kier alpha value is -0.150. The molecule has 3 heteroatoms. The van der Waals surface area contributed by atoms with Gasteiger partial charge < -0.3 is 10.4 Å². The summed E-state index contributed by atoms with van der Waals surface area (Å²) in [6.07, 6.45) is 12.4. The fourth-order valence-electron chi connectivity index (χ4n) is 1.90. The van der Waals surface area contributed by atoms with Crippen molar-refractivity contribution >= 4 is 17.2 Å². The summed E-state index contributed by atoms with van der Waals surface area (Å²) in [5.41, 5.74) is 0. The van der Waals surface area contributed by atoms with E-state index in [4.69, 9.17) is 17.3 Å². The maximum Gasteiger partial charge on any atom is 0.121 e. The Labute approximate surface area is 112 Å². The fourth-order valence-corrected chi connectivity index (χ4v) is 2.22. The number of thiocarbonyl (C=S) groups is 1. The number of nitrogens with one attached hydrogen (secondary N) is 1. The molecule has 17 heavy (non-hydrogen) atoms. The number of rotatable bonds is 11. The molecule has 0 saturated heterocycles. The third kappa shape index (κ3) is 13.8. The van der Waals surface area contributed by atoms with Gasteiger partial charge in [0.05, 0.1) is 4.99 Å². The smallest absolute Gasteiger partial charge is 0.121 e. The quantitative estimate of drug-likeness (QED) is 0.332. The van der Waals surface area contributed by atoms with Gasteiger partial charge >= 0.3 is 0 Å². The Kier molecular flexibility index (Phi) is 12.2. The molecule has 0 aromatic carbocycles. The van der Waals surface area contributed by atoms with Gasteiger partial charge in [0.25, 0.3) is 0 Å². The molecule has 0 aromatic heterocycles. The summed E-state index contributed by atoms with van der Waals surface area (Å²) in [4.78, 5) is 0.794. The molecule has 0 amide bonds. The molecule has 0 bridgehead atoms. The van der Waals surface area contributed by atoms with Crippen LogP contribution in [0.5, 0.6) is 0 Å².